The van der Waals surface area contributed by atoms with E-state index < -0.39 is 17.7 Å². The van der Waals surface area contributed by atoms with Gasteiger partial charge in [-0.25, -0.2) is 4.99 Å². The third kappa shape index (κ3) is 8.86. The minimum atomic E-state index is -4.38. The maximum absolute atomic E-state index is 12.2. The molecule has 0 heterocycles. The van der Waals surface area contributed by atoms with Gasteiger partial charge in [-0.3, -0.25) is 4.79 Å². The average Bonchev–Trinajstić information content (AvgIpc) is 2.26. The number of carboxylic acids is 1. The number of hydrogen-bond acceptors (Lipinski definition) is 2. The van der Waals surface area contributed by atoms with E-state index in [1.54, 1.807) is 0 Å². The summed E-state index contributed by atoms with van der Waals surface area (Å²) in [6.07, 6.45) is -4.38. The number of benzene rings is 1. The highest BCUT2D eigenvalue weighted by Crippen LogP contribution is 2.30. The first-order valence-electron chi connectivity index (χ1n) is 5.33. The molecule has 0 aromatic heterocycles. The van der Waals surface area contributed by atoms with Crippen molar-refractivity contribution in [2.75, 3.05) is 0 Å². The Hall–Kier alpha value is -2.78. The number of guanidine groups is 2. The molecule has 7 N–H and O–H groups in total. The third-order valence-electron chi connectivity index (χ3n) is 1.68. The molecule has 0 saturated heterocycles. The van der Waals surface area contributed by atoms with Crippen LogP contribution in [-0.4, -0.2) is 23.0 Å². The Morgan fingerprint density at radius 2 is 1.57 bits per heavy atom. The van der Waals surface area contributed by atoms with Gasteiger partial charge in [0, 0.05) is 6.92 Å². The molecule has 0 spiro atoms. The van der Waals surface area contributed by atoms with Crippen molar-refractivity contribution < 1.29 is 23.1 Å². The second kappa shape index (κ2) is 7.72. The van der Waals surface area contributed by atoms with E-state index in [0.29, 0.717) is 0 Å². The molecule has 0 radical (unpaired) electrons. The standard InChI is InChI=1S/C9H10F3N5.C2H4O2/c10-9(11,12)5-1-3-6(4-2-5)16-8(15)17-7(13)14;1-2(3)4/h1-4H,(H6,13,14,15,16,17);1H3,(H,3,4). The van der Waals surface area contributed by atoms with Crippen molar-refractivity contribution in [2.24, 2.45) is 27.2 Å². The van der Waals surface area contributed by atoms with Crippen molar-refractivity contribution in [1.29, 1.82) is 0 Å². The fourth-order valence-corrected chi connectivity index (χ4v) is 1.01. The van der Waals surface area contributed by atoms with Crippen LogP contribution in [0.4, 0.5) is 18.9 Å². The fraction of sp³-hybridized carbons (Fsp3) is 0.182. The molecule has 1 rings (SSSR count). The summed E-state index contributed by atoms with van der Waals surface area (Å²) >= 11 is 0. The Kier molecular flexibility index (Phi) is 6.70. The van der Waals surface area contributed by atoms with Gasteiger partial charge in [0.1, 0.15) is 0 Å². The van der Waals surface area contributed by atoms with Gasteiger partial charge in [0.05, 0.1) is 11.3 Å². The minimum Gasteiger partial charge on any atom is -0.481 e. The number of carboxylic acid groups (broad SMARTS) is 1. The smallest absolute Gasteiger partial charge is 0.416 e. The topological polar surface area (TPSA) is 140 Å². The second-order valence-corrected chi connectivity index (χ2v) is 3.57. The molecule has 0 unspecified atom stereocenters. The van der Waals surface area contributed by atoms with Gasteiger partial charge >= 0.3 is 6.18 Å². The molecule has 1 aromatic rings. The lowest BCUT2D eigenvalue weighted by atomic mass is 10.2. The molecule has 7 nitrogen and oxygen atoms in total. The summed E-state index contributed by atoms with van der Waals surface area (Å²) in [5.74, 6) is -1.34. The van der Waals surface area contributed by atoms with Crippen molar-refractivity contribution in [3.05, 3.63) is 29.8 Å². The molecule has 0 fully saturated rings. The Balaban J connectivity index is 0.000000885. The SMILES string of the molecule is CC(=O)O.NC(N)=NC(N)=Nc1ccc(C(F)(F)F)cc1. The highest BCUT2D eigenvalue weighted by Gasteiger charge is 2.29. The average molecular weight is 305 g/mol. The lowest BCUT2D eigenvalue weighted by Gasteiger charge is -2.05. The third-order valence-corrected chi connectivity index (χ3v) is 1.68. The molecule has 0 aliphatic heterocycles. The number of aliphatic carboxylic acids is 1. The van der Waals surface area contributed by atoms with E-state index in [0.717, 1.165) is 31.2 Å². The summed E-state index contributed by atoms with van der Waals surface area (Å²) in [4.78, 5) is 16.1. The lowest BCUT2D eigenvalue weighted by molar-refractivity contribution is -0.137. The number of aliphatic imine (C=N–C) groups is 2. The lowest BCUT2D eigenvalue weighted by Crippen LogP contribution is -2.26. The monoisotopic (exact) mass is 305 g/mol. The van der Waals surface area contributed by atoms with E-state index in [2.05, 4.69) is 9.98 Å². The quantitative estimate of drug-likeness (QED) is 0.453. The van der Waals surface area contributed by atoms with Crippen LogP contribution < -0.4 is 17.2 Å². The van der Waals surface area contributed by atoms with Gasteiger partial charge in [-0.15, -0.1) is 0 Å². The molecule has 116 valence electrons. The molecule has 0 atom stereocenters. The van der Waals surface area contributed by atoms with Crippen LogP contribution in [0.1, 0.15) is 12.5 Å². The molecule has 1 aromatic carbocycles. The van der Waals surface area contributed by atoms with Crippen molar-refractivity contribution >= 4 is 23.6 Å². The maximum Gasteiger partial charge on any atom is 0.416 e. The van der Waals surface area contributed by atoms with Crippen molar-refractivity contribution in [3.63, 3.8) is 0 Å². The maximum atomic E-state index is 12.2. The van der Waals surface area contributed by atoms with Gasteiger partial charge < -0.3 is 22.3 Å². The molecule has 0 bridgehead atoms. The van der Waals surface area contributed by atoms with E-state index in [1.807, 2.05) is 0 Å². The van der Waals surface area contributed by atoms with E-state index in [1.165, 1.54) is 0 Å². The molecular weight excluding hydrogens is 291 g/mol. The predicted molar refractivity (Wildman–Crippen MR) is 71.8 cm³/mol. The van der Waals surface area contributed by atoms with Crippen molar-refractivity contribution in [2.45, 2.75) is 13.1 Å². The predicted octanol–water partition coefficient (Wildman–Crippen LogP) is 1.02. The second-order valence-electron chi connectivity index (χ2n) is 3.57. The Morgan fingerprint density at radius 3 is 1.90 bits per heavy atom. The van der Waals surface area contributed by atoms with Crippen LogP contribution >= 0.6 is 0 Å². The van der Waals surface area contributed by atoms with Crippen LogP contribution in [-0.2, 0) is 11.0 Å². The molecule has 0 amide bonds. The number of carbonyl (C=O) groups is 1. The van der Waals surface area contributed by atoms with E-state index in [9.17, 15) is 13.2 Å². The summed E-state index contributed by atoms with van der Waals surface area (Å²) < 4.78 is 36.7. The normalized spacial score (nSPS) is 11.1. The number of alkyl halides is 3. The Morgan fingerprint density at radius 1 is 1.14 bits per heavy atom. The van der Waals surface area contributed by atoms with Crippen molar-refractivity contribution in [1.82, 2.24) is 0 Å². The first-order chi connectivity index (χ1) is 9.52. The summed E-state index contributed by atoms with van der Waals surface area (Å²) in [6, 6.07) is 4.11. The zero-order valence-corrected chi connectivity index (χ0v) is 10.9. The van der Waals surface area contributed by atoms with Gasteiger partial charge in [-0.1, -0.05) is 0 Å². The number of rotatable bonds is 1. The number of nitrogens with zero attached hydrogens (tertiary/aromatic N) is 2. The number of halogens is 3. The zero-order chi connectivity index (χ0) is 16.6. The highest BCUT2D eigenvalue weighted by molar-refractivity contribution is 5.93. The number of hydrogen-bond donors (Lipinski definition) is 4. The Bertz CT molecular complexity index is 530. The largest absolute Gasteiger partial charge is 0.481 e. The minimum absolute atomic E-state index is 0.223. The van der Waals surface area contributed by atoms with E-state index >= 15 is 0 Å². The van der Waals surface area contributed by atoms with Crippen molar-refractivity contribution in [3.8, 4) is 0 Å². The van der Waals surface area contributed by atoms with Crippen LogP contribution in [0.25, 0.3) is 0 Å². The van der Waals surface area contributed by atoms with E-state index in [-0.39, 0.29) is 17.6 Å². The first-order valence-corrected chi connectivity index (χ1v) is 5.33. The fourth-order valence-electron chi connectivity index (χ4n) is 1.01. The summed E-state index contributed by atoms with van der Waals surface area (Å²) in [7, 11) is 0. The molecule has 0 aliphatic carbocycles. The molecular formula is C11H14F3N5O2. The van der Waals surface area contributed by atoms with E-state index in [4.69, 9.17) is 27.1 Å². The summed E-state index contributed by atoms with van der Waals surface area (Å²) in [6.45, 7) is 1.08. The molecule has 0 saturated carbocycles. The van der Waals surface area contributed by atoms with Crippen LogP contribution in [0.15, 0.2) is 34.3 Å². The van der Waals surface area contributed by atoms with Gasteiger partial charge in [0.25, 0.3) is 5.97 Å². The van der Waals surface area contributed by atoms with Crippen LogP contribution in [0.5, 0.6) is 0 Å². The molecule has 10 heteroatoms. The first kappa shape index (κ1) is 18.2. The highest BCUT2D eigenvalue weighted by atomic mass is 19.4. The Labute approximate surface area is 118 Å². The molecule has 21 heavy (non-hydrogen) atoms. The van der Waals surface area contributed by atoms with Crippen LogP contribution in [0.2, 0.25) is 0 Å². The van der Waals surface area contributed by atoms with Crippen LogP contribution in [0.3, 0.4) is 0 Å². The summed E-state index contributed by atoms with van der Waals surface area (Å²) in [5, 5.41) is 7.42. The zero-order valence-electron chi connectivity index (χ0n) is 10.9. The van der Waals surface area contributed by atoms with Gasteiger partial charge in [-0.2, -0.15) is 18.2 Å². The van der Waals surface area contributed by atoms with Gasteiger partial charge in [0.15, 0.2) is 5.96 Å². The summed E-state index contributed by atoms with van der Waals surface area (Å²) in [5.41, 5.74) is 14.9. The van der Waals surface area contributed by atoms with Crippen LogP contribution in [0, 0.1) is 0 Å². The number of nitrogens with two attached hydrogens (primary N) is 3. The molecule has 0 aliphatic rings. The van der Waals surface area contributed by atoms with Gasteiger partial charge in [0.2, 0.25) is 5.96 Å². The van der Waals surface area contributed by atoms with Gasteiger partial charge in [-0.05, 0) is 24.3 Å².